The van der Waals surface area contributed by atoms with Crippen LogP contribution in [0.25, 0.3) is 11.3 Å². The second-order valence-electron chi connectivity index (χ2n) is 7.55. The number of aromatic nitrogens is 2. The van der Waals surface area contributed by atoms with Gasteiger partial charge in [-0.1, -0.05) is 127 Å². The summed E-state index contributed by atoms with van der Waals surface area (Å²) in [4.78, 5) is 0. The molecule has 5 aromatic rings. The van der Waals surface area contributed by atoms with Crippen LogP contribution in [0.2, 0.25) is 0 Å². The van der Waals surface area contributed by atoms with Crippen LogP contribution in [-0.4, -0.2) is 17.6 Å². The summed E-state index contributed by atoms with van der Waals surface area (Å²) in [6.07, 6.45) is 1.95. The van der Waals surface area contributed by atoms with Gasteiger partial charge in [-0.3, -0.25) is 4.68 Å². The fraction of sp³-hybridized carbons (Fsp3) is 0.0357. The molecule has 31 heavy (non-hydrogen) atoms. The minimum absolute atomic E-state index is 0.651. The summed E-state index contributed by atoms with van der Waals surface area (Å²) in [5.41, 5.74) is 5.14. The molecule has 146 valence electrons. The van der Waals surface area contributed by atoms with Gasteiger partial charge in [0.25, 0.3) is 0 Å². The Hall–Kier alpha value is -3.85. The van der Waals surface area contributed by atoms with Crippen molar-refractivity contribution >= 4 is 13.3 Å². The molecule has 0 aliphatic carbocycles. The van der Waals surface area contributed by atoms with Crippen molar-refractivity contribution in [3.8, 4) is 11.3 Å². The fourth-order valence-corrected chi connectivity index (χ4v) is 4.31. The standard InChI is InChI=1S/C28H21BN2/c29-26-21-31(30-27(26)22-13-5-1-6-14-22)28(23-15-7-2-8-16-23,24-17-9-3-10-18-24)25-19-11-4-12-20-25/h1-21H. The van der Waals surface area contributed by atoms with Gasteiger partial charge in [-0.25, -0.2) is 0 Å². The van der Waals surface area contributed by atoms with Gasteiger partial charge in [-0.2, -0.15) is 5.10 Å². The Balaban J connectivity index is 1.86. The average molecular weight is 396 g/mol. The van der Waals surface area contributed by atoms with E-state index >= 15 is 0 Å². The molecule has 1 heterocycles. The zero-order valence-corrected chi connectivity index (χ0v) is 17.1. The van der Waals surface area contributed by atoms with E-state index in [-0.39, 0.29) is 0 Å². The van der Waals surface area contributed by atoms with Crippen LogP contribution in [0, 0.1) is 0 Å². The van der Waals surface area contributed by atoms with E-state index in [1.54, 1.807) is 0 Å². The summed E-state index contributed by atoms with van der Waals surface area (Å²) in [5.74, 6) is 0. The van der Waals surface area contributed by atoms with Gasteiger partial charge in [-0.15, -0.1) is 0 Å². The smallest absolute Gasteiger partial charge is 0.137 e. The molecule has 4 aromatic carbocycles. The lowest BCUT2D eigenvalue weighted by molar-refractivity contribution is 0.461. The third-order valence-corrected chi connectivity index (χ3v) is 5.71. The van der Waals surface area contributed by atoms with Crippen LogP contribution in [-0.2, 0) is 5.54 Å². The van der Waals surface area contributed by atoms with Crippen molar-refractivity contribution in [1.82, 2.24) is 9.78 Å². The highest BCUT2D eigenvalue weighted by atomic mass is 15.3. The summed E-state index contributed by atoms with van der Waals surface area (Å²) in [7, 11) is 6.52. The predicted molar refractivity (Wildman–Crippen MR) is 128 cm³/mol. The fourth-order valence-electron chi connectivity index (χ4n) is 4.31. The Labute approximate surface area is 184 Å². The summed E-state index contributed by atoms with van der Waals surface area (Å²) in [6.45, 7) is 0. The van der Waals surface area contributed by atoms with Gasteiger partial charge >= 0.3 is 0 Å². The first-order valence-electron chi connectivity index (χ1n) is 10.4. The molecular formula is C28H21BN2. The van der Waals surface area contributed by atoms with Crippen LogP contribution in [0.1, 0.15) is 16.7 Å². The van der Waals surface area contributed by atoms with Crippen molar-refractivity contribution in [3.05, 3.63) is 144 Å². The molecule has 0 aliphatic rings. The molecule has 2 nitrogen and oxygen atoms in total. The predicted octanol–water partition coefficient (Wildman–Crippen LogP) is 5.18. The second kappa shape index (κ2) is 8.12. The maximum absolute atomic E-state index is 6.52. The van der Waals surface area contributed by atoms with Crippen molar-refractivity contribution in [1.29, 1.82) is 0 Å². The molecule has 0 spiro atoms. The average Bonchev–Trinajstić information content (AvgIpc) is 3.24. The van der Waals surface area contributed by atoms with Crippen molar-refractivity contribution < 1.29 is 0 Å². The van der Waals surface area contributed by atoms with E-state index in [9.17, 15) is 0 Å². The minimum atomic E-state index is -0.662. The Morgan fingerprint density at radius 3 is 1.35 bits per heavy atom. The second-order valence-corrected chi connectivity index (χ2v) is 7.55. The molecule has 0 saturated carbocycles. The van der Waals surface area contributed by atoms with Crippen LogP contribution in [0.3, 0.4) is 0 Å². The van der Waals surface area contributed by atoms with Crippen molar-refractivity contribution in [2.24, 2.45) is 0 Å². The highest BCUT2D eigenvalue weighted by Gasteiger charge is 2.39. The first-order chi connectivity index (χ1) is 15.3. The van der Waals surface area contributed by atoms with Crippen LogP contribution in [0.5, 0.6) is 0 Å². The van der Waals surface area contributed by atoms with E-state index in [0.717, 1.165) is 27.9 Å². The van der Waals surface area contributed by atoms with Gasteiger partial charge in [0, 0.05) is 11.8 Å². The normalized spacial score (nSPS) is 11.4. The molecule has 0 amide bonds. The molecule has 1 aromatic heterocycles. The topological polar surface area (TPSA) is 17.8 Å². The van der Waals surface area contributed by atoms with Crippen LogP contribution >= 0.6 is 0 Å². The Bertz CT molecular complexity index is 1170. The largest absolute Gasteiger partial charge is 0.253 e. The zero-order valence-electron chi connectivity index (χ0n) is 17.1. The van der Waals surface area contributed by atoms with E-state index in [1.807, 2.05) is 59.4 Å². The molecule has 3 heteroatoms. The highest BCUT2D eigenvalue weighted by molar-refractivity contribution is 6.35. The van der Waals surface area contributed by atoms with E-state index in [1.165, 1.54) is 0 Å². The molecule has 0 saturated heterocycles. The van der Waals surface area contributed by atoms with E-state index < -0.39 is 5.54 Å². The van der Waals surface area contributed by atoms with E-state index in [2.05, 4.69) is 72.8 Å². The quantitative estimate of drug-likeness (QED) is 0.296. The number of rotatable bonds is 5. The van der Waals surface area contributed by atoms with Gasteiger partial charge in [-0.05, 0) is 16.7 Å². The molecule has 2 radical (unpaired) electrons. The lowest BCUT2D eigenvalue weighted by Gasteiger charge is -2.36. The highest BCUT2D eigenvalue weighted by Crippen LogP contribution is 2.40. The third kappa shape index (κ3) is 3.29. The molecule has 5 rings (SSSR count). The zero-order chi connectivity index (χ0) is 21.1. The molecule has 0 unspecified atom stereocenters. The van der Waals surface area contributed by atoms with Gasteiger partial charge in [0.05, 0.1) is 5.69 Å². The molecular weight excluding hydrogens is 375 g/mol. The molecule has 0 fully saturated rings. The summed E-state index contributed by atoms with van der Waals surface area (Å²) < 4.78 is 2.02. The van der Waals surface area contributed by atoms with E-state index in [0.29, 0.717) is 5.46 Å². The van der Waals surface area contributed by atoms with Crippen molar-refractivity contribution in [3.63, 3.8) is 0 Å². The number of benzene rings is 4. The van der Waals surface area contributed by atoms with Gasteiger partial charge in [0.1, 0.15) is 13.4 Å². The molecule has 0 N–H and O–H groups in total. The summed E-state index contributed by atoms with van der Waals surface area (Å²) >= 11 is 0. The van der Waals surface area contributed by atoms with Gasteiger partial charge in [0.15, 0.2) is 0 Å². The Morgan fingerprint density at radius 1 is 0.548 bits per heavy atom. The summed E-state index contributed by atoms with van der Waals surface area (Å²) in [6, 6.07) is 41.5. The number of hydrogen-bond donors (Lipinski definition) is 0. The molecule has 0 bridgehead atoms. The van der Waals surface area contributed by atoms with Crippen LogP contribution in [0.4, 0.5) is 0 Å². The van der Waals surface area contributed by atoms with Crippen molar-refractivity contribution in [2.45, 2.75) is 5.54 Å². The molecule has 0 atom stereocenters. The Kier molecular flexibility index (Phi) is 5.01. The van der Waals surface area contributed by atoms with Gasteiger partial charge in [0.2, 0.25) is 0 Å². The first kappa shape index (κ1) is 19.1. The number of nitrogens with zero attached hydrogens (tertiary/aromatic N) is 2. The minimum Gasteiger partial charge on any atom is -0.253 e. The third-order valence-electron chi connectivity index (χ3n) is 5.71. The maximum Gasteiger partial charge on any atom is 0.137 e. The first-order valence-corrected chi connectivity index (χ1v) is 10.4. The van der Waals surface area contributed by atoms with Gasteiger partial charge < -0.3 is 0 Å². The van der Waals surface area contributed by atoms with E-state index in [4.69, 9.17) is 12.9 Å². The number of hydrogen-bond acceptors (Lipinski definition) is 1. The summed E-state index contributed by atoms with van der Waals surface area (Å²) in [5, 5.41) is 5.07. The molecule has 0 aliphatic heterocycles. The van der Waals surface area contributed by atoms with Crippen LogP contribution < -0.4 is 5.46 Å². The Morgan fingerprint density at radius 2 is 0.935 bits per heavy atom. The lowest BCUT2D eigenvalue weighted by Crippen LogP contribution is -2.38. The van der Waals surface area contributed by atoms with Crippen molar-refractivity contribution in [2.75, 3.05) is 0 Å². The lowest BCUT2D eigenvalue weighted by atomic mass is 9.77. The maximum atomic E-state index is 6.52. The van der Waals surface area contributed by atoms with Crippen LogP contribution in [0.15, 0.2) is 128 Å². The monoisotopic (exact) mass is 396 g/mol. The SMILES string of the molecule is [B]c1cn(C(c2ccccc2)(c2ccccc2)c2ccccc2)nc1-c1ccccc1.